The molecule has 2 aliphatic rings. The van der Waals surface area contributed by atoms with Crippen molar-refractivity contribution in [1.82, 2.24) is 9.80 Å². The van der Waals surface area contributed by atoms with Gasteiger partial charge in [-0.2, -0.15) is 0 Å². The number of imide groups is 1. The second-order valence-electron chi connectivity index (χ2n) is 6.29. The molecular weight excluding hydrogens is 338 g/mol. The van der Waals surface area contributed by atoms with Gasteiger partial charge in [0.2, 0.25) is 5.91 Å². The fourth-order valence-electron chi connectivity index (χ4n) is 2.86. The first-order valence-corrected chi connectivity index (χ1v) is 9.20. The zero-order valence-electron chi connectivity index (χ0n) is 14.2. The van der Waals surface area contributed by atoms with Gasteiger partial charge in [-0.25, -0.2) is 0 Å². The number of anilines is 1. The van der Waals surface area contributed by atoms with Gasteiger partial charge in [0.15, 0.2) is 0 Å². The summed E-state index contributed by atoms with van der Waals surface area (Å²) in [5.74, 6) is -0.799. The number of piperidine rings is 1. The predicted molar refractivity (Wildman–Crippen MR) is 98.0 cm³/mol. The van der Waals surface area contributed by atoms with Crippen molar-refractivity contribution in [1.29, 1.82) is 0 Å². The summed E-state index contributed by atoms with van der Waals surface area (Å²) in [4.78, 5) is 40.2. The van der Waals surface area contributed by atoms with Crippen LogP contribution in [0.1, 0.15) is 24.8 Å². The maximum absolute atomic E-state index is 12.4. The normalized spacial score (nSPS) is 20.4. The van der Waals surface area contributed by atoms with Crippen molar-refractivity contribution in [3.63, 3.8) is 0 Å². The molecule has 0 spiro atoms. The Hall–Kier alpha value is -2.12. The number of likely N-dealkylation sites (tertiary alicyclic amines) is 1. The van der Waals surface area contributed by atoms with Gasteiger partial charge in [-0.05, 0) is 56.7 Å². The Kier molecular flexibility index (Phi) is 5.55. The first-order valence-electron chi connectivity index (χ1n) is 8.38. The summed E-state index contributed by atoms with van der Waals surface area (Å²) < 4.78 is 0. The van der Waals surface area contributed by atoms with E-state index in [0.717, 1.165) is 43.3 Å². The van der Waals surface area contributed by atoms with Gasteiger partial charge in [0.05, 0.1) is 11.6 Å². The number of nitrogens with zero attached hydrogens (tertiary/aromatic N) is 2. The Balaban J connectivity index is 1.62. The van der Waals surface area contributed by atoms with Crippen molar-refractivity contribution in [3.8, 4) is 0 Å². The molecule has 0 aliphatic carbocycles. The summed E-state index contributed by atoms with van der Waals surface area (Å²) in [6, 6.07) is 7.37. The van der Waals surface area contributed by atoms with Crippen LogP contribution in [0.25, 0.3) is 0 Å². The molecule has 0 radical (unpaired) electrons. The lowest BCUT2D eigenvalue weighted by molar-refractivity contribution is -0.124. The Morgan fingerprint density at radius 3 is 2.52 bits per heavy atom. The molecule has 0 saturated carbocycles. The largest absolute Gasteiger partial charge is 0.322 e. The van der Waals surface area contributed by atoms with Crippen LogP contribution in [0.4, 0.5) is 10.5 Å². The summed E-state index contributed by atoms with van der Waals surface area (Å²) in [7, 11) is 0. The Bertz CT molecular complexity index is 709. The highest BCUT2D eigenvalue weighted by Gasteiger charge is 2.36. The van der Waals surface area contributed by atoms with Crippen molar-refractivity contribution >= 4 is 34.5 Å². The first-order chi connectivity index (χ1) is 12.0. The molecule has 1 aromatic carbocycles. The van der Waals surface area contributed by atoms with Crippen LogP contribution < -0.4 is 5.32 Å². The Morgan fingerprint density at radius 2 is 1.84 bits per heavy atom. The molecule has 2 fully saturated rings. The van der Waals surface area contributed by atoms with E-state index in [1.165, 1.54) is 17.4 Å². The minimum absolute atomic E-state index is 0.173. The van der Waals surface area contributed by atoms with Crippen molar-refractivity contribution in [2.75, 3.05) is 25.1 Å². The SMILES string of the molecule is Cc1ccc(NC(=O)/C=C2/SC(=O)N(CN3CCCCC3)C2=O)cc1. The van der Waals surface area contributed by atoms with E-state index >= 15 is 0 Å². The smallest absolute Gasteiger partial charge is 0.294 e. The Morgan fingerprint density at radius 1 is 1.16 bits per heavy atom. The first kappa shape index (κ1) is 17.7. The number of rotatable bonds is 4. The van der Waals surface area contributed by atoms with E-state index in [9.17, 15) is 14.4 Å². The molecule has 7 heteroatoms. The number of carbonyl (C=O) groups excluding carboxylic acids is 3. The van der Waals surface area contributed by atoms with Crippen molar-refractivity contribution in [2.45, 2.75) is 26.2 Å². The van der Waals surface area contributed by atoms with Crippen LogP contribution in [0, 0.1) is 6.92 Å². The lowest BCUT2D eigenvalue weighted by atomic mass is 10.1. The molecule has 0 unspecified atom stereocenters. The summed E-state index contributed by atoms with van der Waals surface area (Å²) in [5.41, 5.74) is 1.75. The van der Waals surface area contributed by atoms with Crippen LogP contribution in [-0.4, -0.2) is 46.6 Å². The van der Waals surface area contributed by atoms with E-state index in [4.69, 9.17) is 0 Å². The predicted octanol–water partition coefficient (Wildman–Crippen LogP) is 2.96. The van der Waals surface area contributed by atoms with E-state index < -0.39 is 5.91 Å². The molecule has 132 valence electrons. The highest BCUT2D eigenvalue weighted by atomic mass is 32.2. The van der Waals surface area contributed by atoms with Crippen LogP contribution in [-0.2, 0) is 9.59 Å². The standard InChI is InChI=1S/C18H21N3O3S/c1-13-5-7-14(8-6-13)19-16(22)11-15-17(23)21(18(24)25-15)12-20-9-3-2-4-10-20/h5-8,11H,2-4,9-10,12H2,1H3,(H,19,22)/b15-11+. The van der Waals surface area contributed by atoms with Crippen LogP contribution in [0.3, 0.4) is 0 Å². The zero-order chi connectivity index (χ0) is 17.8. The topological polar surface area (TPSA) is 69.7 Å². The number of hydrogen-bond acceptors (Lipinski definition) is 5. The van der Waals surface area contributed by atoms with Crippen molar-refractivity contribution < 1.29 is 14.4 Å². The van der Waals surface area contributed by atoms with E-state index in [0.29, 0.717) is 12.4 Å². The molecule has 1 N–H and O–H groups in total. The summed E-state index contributed by atoms with van der Waals surface area (Å²) in [5, 5.41) is 2.39. The number of carbonyl (C=O) groups is 3. The molecule has 2 saturated heterocycles. The molecule has 2 heterocycles. The summed E-state index contributed by atoms with van der Waals surface area (Å²) in [6.45, 7) is 4.06. The van der Waals surface area contributed by atoms with Gasteiger partial charge >= 0.3 is 0 Å². The molecular formula is C18H21N3O3S. The molecule has 1 aromatic rings. The van der Waals surface area contributed by atoms with Crippen LogP contribution in [0.5, 0.6) is 0 Å². The number of aryl methyl sites for hydroxylation is 1. The van der Waals surface area contributed by atoms with Gasteiger partial charge in [-0.15, -0.1) is 0 Å². The molecule has 2 aliphatic heterocycles. The number of hydrogen-bond donors (Lipinski definition) is 1. The number of benzene rings is 1. The monoisotopic (exact) mass is 359 g/mol. The lowest BCUT2D eigenvalue weighted by Crippen LogP contribution is -2.42. The van der Waals surface area contributed by atoms with Crippen LogP contribution >= 0.6 is 11.8 Å². The molecule has 25 heavy (non-hydrogen) atoms. The fourth-order valence-corrected chi connectivity index (χ4v) is 3.66. The second-order valence-corrected chi connectivity index (χ2v) is 7.28. The van der Waals surface area contributed by atoms with Gasteiger partial charge in [-0.3, -0.25) is 24.2 Å². The molecule has 0 atom stereocenters. The average Bonchev–Trinajstić information content (AvgIpc) is 2.85. The minimum Gasteiger partial charge on any atom is -0.322 e. The quantitative estimate of drug-likeness (QED) is 0.837. The van der Waals surface area contributed by atoms with Gasteiger partial charge in [0.1, 0.15) is 0 Å². The van der Waals surface area contributed by atoms with E-state index in [1.54, 1.807) is 12.1 Å². The summed E-state index contributed by atoms with van der Waals surface area (Å²) >= 11 is 0.823. The van der Waals surface area contributed by atoms with Gasteiger partial charge in [-0.1, -0.05) is 24.1 Å². The van der Waals surface area contributed by atoms with E-state index in [-0.39, 0.29) is 16.1 Å². The molecule has 3 rings (SSSR count). The summed E-state index contributed by atoms with van der Waals surface area (Å²) in [6.07, 6.45) is 4.58. The highest BCUT2D eigenvalue weighted by molar-refractivity contribution is 8.18. The zero-order valence-corrected chi connectivity index (χ0v) is 15.0. The Labute approximate surface area is 151 Å². The number of nitrogens with one attached hydrogen (secondary N) is 1. The van der Waals surface area contributed by atoms with Gasteiger partial charge in [0, 0.05) is 11.8 Å². The molecule has 6 nitrogen and oxygen atoms in total. The average molecular weight is 359 g/mol. The maximum atomic E-state index is 12.4. The third kappa shape index (κ3) is 4.49. The number of amides is 3. The molecule has 0 aromatic heterocycles. The number of thioether (sulfide) groups is 1. The van der Waals surface area contributed by atoms with Crippen molar-refractivity contribution in [3.05, 3.63) is 40.8 Å². The minimum atomic E-state index is -0.410. The fraction of sp³-hybridized carbons (Fsp3) is 0.389. The van der Waals surface area contributed by atoms with E-state index in [1.807, 2.05) is 19.1 Å². The van der Waals surface area contributed by atoms with Crippen LogP contribution in [0.2, 0.25) is 0 Å². The second kappa shape index (κ2) is 7.84. The van der Waals surface area contributed by atoms with Gasteiger partial charge < -0.3 is 5.32 Å². The molecule has 3 amide bonds. The van der Waals surface area contributed by atoms with Crippen LogP contribution in [0.15, 0.2) is 35.2 Å². The highest BCUT2D eigenvalue weighted by Crippen LogP contribution is 2.31. The molecule has 0 bridgehead atoms. The third-order valence-electron chi connectivity index (χ3n) is 4.24. The third-order valence-corrected chi connectivity index (χ3v) is 5.15. The lowest BCUT2D eigenvalue weighted by Gasteiger charge is -2.29. The van der Waals surface area contributed by atoms with E-state index in [2.05, 4.69) is 10.2 Å². The maximum Gasteiger partial charge on any atom is 0.294 e. The van der Waals surface area contributed by atoms with Crippen molar-refractivity contribution in [2.24, 2.45) is 0 Å². The van der Waals surface area contributed by atoms with Gasteiger partial charge in [0.25, 0.3) is 11.1 Å².